The molecule has 8 heteroatoms. The van der Waals surface area contributed by atoms with Gasteiger partial charge in [-0.1, -0.05) is 29.3 Å². The lowest BCUT2D eigenvalue weighted by molar-refractivity contribution is 0.143. The molecule has 0 unspecified atom stereocenters. The molecule has 1 aliphatic rings. The number of urea groups is 1. The van der Waals surface area contributed by atoms with Crippen LogP contribution in [0.15, 0.2) is 36.4 Å². The fourth-order valence-electron chi connectivity index (χ4n) is 3.12. The van der Waals surface area contributed by atoms with Crippen molar-refractivity contribution in [2.45, 2.75) is 6.54 Å². The number of rotatable bonds is 5. The molecule has 1 fully saturated rings. The van der Waals surface area contributed by atoms with Gasteiger partial charge >= 0.3 is 6.03 Å². The van der Waals surface area contributed by atoms with Gasteiger partial charge in [0.05, 0.1) is 24.3 Å². The number of carbonyl (C=O) groups is 1. The molecule has 1 N–H and O–H groups in total. The SMILES string of the molecule is COc1ccc(NC(=O)N2CCN(Cc3ccc(Cl)c(Cl)c3)CC2)cc1OC. The highest BCUT2D eigenvalue weighted by Gasteiger charge is 2.21. The molecule has 6 nitrogen and oxygen atoms in total. The number of carbonyl (C=O) groups excluding carboxylic acids is 1. The summed E-state index contributed by atoms with van der Waals surface area (Å²) in [6, 6.07) is 10.9. The van der Waals surface area contributed by atoms with E-state index in [0.29, 0.717) is 40.3 Å². The number of anilines is 1. The minimum Gasteiger partial charge on any atom is -0.493 e. The quantitative estimate of drug-likeness (QED) is 0.775. The maximum Gasteiger partial charge on any atom is 0.321 e. The Labute approximate surface area is 174 Å². The Balaban J connectivity index is 1.53. The first-order valence-corrected chi connectivity index (χ1v) is 9.70. The van der Waals surface area contributed by atoms with Crippen LogP contribution in [0.1, 0.15) is 5.56 Å². The van der Waals surface area contributed by atoms with Gasteiger partial charge in [0.1, 0.15) is 0 Å². The summed E-state index contributed by atoms with van der Waals surface area (Å²) in [6.07, 6.45) is 0. The highest BCUT2D eigenvalue weighted by Crippen LogP contribution is 2.30. The minimum absolute atomic E-state index is 0.124. The first kappa shape index (κ1) is 20.6. The van der Waals surface area contributed by atoms with E-state index in [1.165, 1.54) is 0 Å². The van der Waals surface area contributed by atoms with Crippen LogP contribution in [-0.2, 0) is 6.54 Å². The summed E-state index contributed by atoms with van der Waals surface area (Å²) in [7, 11) is 3.14. The molecule has 2 amide bonds. The lowest BCUT2D eigenvalue weighted by atomic mass is 10.2. The number of methoxy groups -OCH3 is 2. The normalized spacial score (nSPS) is 14.6. The number of benzene rings is 2. The molecule has 1 aliphatic heterocycles. The van der Waals surface area contributed by atoms with Gasteiger partial charge in [0.2, 0.25) is 0 Å². The highest BCUT2D eigenvalue weighted by molar-refractivity contribution is 6.42. The number of ether oxygens (including phenoxy) is 2. The Kier molecular flexibility index (Phi) is 6.88. The van der Waals surface area contributed by atoms with Crippen molar-refractivity contribution in [3.8, 4) is 11.5 Å². The predicted molar refractivity (Wildman–Crippen MR) is 112 cm³/mol. The molecular formula is C20H23Cl2N3O3. The summed E-state index contributed by atoms with van der Waals surface area (Å²) in [5.41, 5.74) is 1.78. The molecular weight excluding hydrogens is 401 g/mol. The van der Waals surface area contributed by atoms with Crippen molar-refractivity contribution in [2.24, 2.45) is 0 Å². The first-order chi connectivity index (χ1) is 13.5. The maximum absolute atomic E-state index is 12.6. The molecule has 0 saturated carbocycles. The van der Waals surface area contributed by atoms with E-state index < -0.39 is 0 Å². The predicted octanol–water partition coefficient (Wildman–Crippen LogP) is 4.36. The van der Waals surface area contributed by atoms with E-state index in [1.54, 1.807) is 32.4 Å². The molecule has 0 atom stereocenters. The third-order valence-corrected chi connectivity index (χ3v) is 5.42. The molecule has 1 saturated heterocycles. The van der Waals surface area contributed by atoms with Crippen LogP contribution < -0.4 is 14.8 Å². The summed E-state index contributed by atoms with van der Waals surface area (Å²) in [4.78, 5) is 16.7. The van der Waals surface area contributed by atoms with Gasteiger partial charge in [0.15, 0.2) is 11.5 Å². The maximum atomic E-state index is 12.6. The Morgan fingerprint density at radius 2 is 1.68 bits per heavy atom. The van der Waals surface area contributed by atoms with E-state index in [9.17, 15) is 4.79 Å². The van der Waals surface area contributed by atoms with Crippen molar-refractivity contribution in [2.75, 3.05) is 45.7 Å². The van der Waals surface area contributed by atoms with Crippen molar-refractivity contribution in [3.63, 3.8) is 0 Å². The minimum atomic E-state index is -0.124. The summed E-state index contributed by atoms with van der Waals surface area (Å²) in [5.74, 6) is 1.20. The molecule has 2 aromatic carbocycles. The zero-order valence-corrected chi connectivity index (χ0v) is 17.4. The topological polar surface area (TPSA) is 54.0 Å². The number of nitrogens with one attached hydrogen (secondary N) is 1. The second-order valence-electron chi connectivity index (χ2n) is 6.51. The van der Waals surface area contributed by atoms with Gasteiger partial charge in [-0.25, -0.2) is 4.79 Å². The number of nitrogens with zero attached hydrogens (tertiary/aromatic N) is 2. The van der Waals surface area contributed by atoms with Gasteiger partial charge in [-0.2, -0.15) is 0 Å². The van der Waals surface area contributed by atoms with E-state index in [0.717, 1.165) is 25.2 Å². The third-order valence-electron chi connectivity index (χ3n) is 4.68. The van der Waals surface area contributed by atoms with Crippen LogP contribution in [0.25, 0.3) is 0 Å². The molecule has 0 bridgehead atoms. The van der Waals surface area contributed by atoms with Crippen LogP contribution in [0.3, 0.4) is 0 Å². The second-order valence-corrected chi connectivity index (χ2v) is 7.33. The third kappa shape index (κ3) is 5.01. The summed E-state index contributed by atoms with van der Waals surface area (Å²) in [6.45, 7) is 3.67. The standard InChI is InChI=1S/C20H23Cl2N3O3/c1-27-18-6-4-15(12-19(18)28-2)23-20(26)25-9-7-24(8-10-25)13-14-3-5-16(21)17(22)11-14/h3-6,11-12H,7-10,13H2,1-2H3,(H,23,26). The Morgan fingerprint density at radius 1 is 0.964 bits per heavy atom. The van der Waals surface area contributed by atoms with Gasteiger partial charge in [-0.05, 0) is 29.8 Å². The Hall–Kier alpha value is -2.15. The lowest BCUT2D eigenvalue weighted by Crippen LogP contribution is -2.49. The van der Waals surface area contributed by atoms with Crippen molar-refractivity contribution in [3.05, 3.63) is 52.0 Å². The number of halogens is 2. The van der Waals surface area contributed by atoms with Crippen LogP contribution >= 0.6 is 23.2 Å². The van der Waals surface area contributed by atoms with E-state index in [4.69, 9.17) is 32.7 Å². The van der Waals surface area contributed by atoms with Crippen molar-refractivity contribution >= 4 is 34.9 Å². The Bertz CT molecular complexity index is 839. The number of amides is 2. The molecule has 0 spiro atoms. The molecule has 0 aliphatic carbocycles. The van der Waals surface area contributed by atoms with Gasteiger partial charge < -0.3 is 19.7 Å². The van der Waals surface area contributed by atoms with Crippen LogP contribution in [0.5, 0.6) is 11.5 Å². The average molecular weight is 424 g/mol. The monoisotopic (exact) mass is 423 g/mol. The number of hydrogen-bond acceptors (Lipinski definition) is 4. The molecule has 150 valence electrons. The summed E-state index contributed by atoms with van der Waals surface area (Å²) >= 11 is 12.1. The molecule has 1 heterocycles. The van der Waals surface area contributed by atoms with Gasteiger partial charge in [0, 0.05) is 44.5 Å². The number of hydrogen-bond donors (Lipinski definition) is 1. The highest BCUT2D eigenvalue weighted by atomic mass is 35.5. The summed E-state index contributed by atoms with van der Waals surface area (Å²) in [5, 5.41) is 4.04. The molecule has 28 heavy (non-hydrogen) atoms. The second kappa shape index (κ2) is 9.37. The fraction of sp³-hybridized carbons (Fsp3) is 0.350. The smallest absolute Gasteiger partial charge is 0.321 e. The van der Waals surface area contributed by atoms with Crippen LogP contribution in [-0.4, -0.2) is 56.2 Å². The zero-order valence-electron chi connectivity index (χ0n) is 15.9. The zero-order chi connectivity index (χ0) is 20.1. The average Bonchev–Trinajstić information content (AvgIpc) is 2.71. The van der Waals surface area contributed by atoms with Crippen LogP contribution in [0, 0.1) is 0 Å². The largest absolute Gasteiger partial charge is 0.493 e. The number of piperazine rings is 1. The van der Waals surface area contributed by atoms with Crippen molar-refractivity contribution in [1.82, 2.24) is 9.80 Å². The van der Waals surface area contributed by atoms with Gasteiger partial charge in [-0.3, -0.25) is 4.90 Å². The van der Waals surface area contributed by atoms with Crippen LogP contribution in [0.2, 0.25) is 10.0 Å². The summed E-state index contributed by atoms with van der Waals surface area (Å²) < 4.78 is 10.5. The van der Waals surface area contributed by atoms with Gasteiger partial charge in [0.25, 0.3) is 0 Å². The van der Waals surface area contributed by atoms with E-state index in [2.05, 4.69) is 10.2 Å². The van der Waals surface area contributed by atoms with Gasteiger partial charge in [-0.15, -0.1) is 0 Å². The fourth-order valence-corrected chi connectivity index (χ4v) is 3.44. The van der Waals surface area contributed by atoms with E-state index in [-0.39, 0.29) is 6.03 Å². The molecule has 0 aromatic heterocycles. The lowest BCUT2D eigenvalue weighted by Gasteiger charge is -2.34. The van der Waals surface area contributed by atoms with Crippen molar-refractivity contribution < 1.29 is 14.3 Å². The van der Waals surface area contributed by atoms with E-state index >= 15 is 0 Å². The molecule has 3 rings (SSSR count). The van der Waals surface area contributed by atoms with Crippen molar-refractivity contribution in [1.29, 1.82) is 0 Å². The Morgan fingerprint density at radius 3 is 2.32 bits per heavy atom. The molecule has 2 aromatic rings. The first-order valence-electron chi connectivity index (χ1n) is 8.94. The van der Waals surface area contributed by atoms with Crippen LogP contribution in [0.4, 0.5) is 10.5 Å². The molecule has 0 radical (unpaired) electrons. The van der Waals surface area contributed by atoms with E-state index in [1.807, 2.05) is 23.1 Å².